The third-order valence-electron chi connectivity index (χ3n) is 10.7. The predicted molar refractivity (Wildman–Crippen MR) is 203 cm³/mol. The molecule has 2 bridgehead atoms. The zero-order chi connectivity index (χ0) is 37.7. The second kappa shape index (κ2) is 20.1. The summed E-state index contributed by atoms with van der Waals surface area (Å²) in [6.45, 7) is 3.48. The largest absolute Gasteiger partial charge is 0.508 e. The van der Waals surface area contributed by atoms with Crippen molar-refractivity contribution >= 4 is 5.97 Å². The van der Waals surface area contributed by atoms with Crippen LogP contribution in [0, 0.1) is 17.8 Å². The van der Waals surface area contributed by atoms with Gasteiger partial charge in [-0.1, -0.05) is 93.0 Å². The van der Waals surface area contributed by atoms with E-state index >= 15 is 0 Å². The Labute approximate surface area is 309 Å². The van der Waals surface area contributed by atoms with E-state index in [-0.39, 0.29) is 43.0 Å². The number of aromatic hydroxyl groups is 1. The molecule has 4 rings (SSSR count). The quantitative estimate of drug-likeness (QED) is 0.0828. The number of aliphatic hydroxyl groups excluding tert-OH is 4. The number of unbranched alkanes of at least 4 members (excludes halogenated alkanes) is 3. The zero-order valence-electron chi connectivity index (χ0n) is 30.8. The van der Waals surface area contributed by atoms with Crippen LogP contribution in [0.25, 0.3) is 0 Å². The van der Waals surface area contributed by atoms with Crippen LogP contribution in [0.4, 0.5) is 0 Å². The van der Waals surface area contributed by atoms with E-state index in [4.69, 9.17) is 0 Å². The predicted octanol–water partition coefficient (Wildman–Crippen LogP) is 5.48. The van der Waals surface area contributed by atoms with E-state index in [1.54, 1.807) is 37.3 Å². The Morgan fingerprint density at radius 1 is 1.02 bits per heavy atom. The SMILES string of the molecule is CCCC[C@H](O)[C@H](O)/C=C/C1=C(\C[C@H](O)CO)[C@H]2NC[C@@](C)(O)[C@H](c3ccc(O)cc3)C#C[C@H](C[C@@H]2CCCCCC(=O)O)c2ccccc2CC1. The highest BCUT2D eigenvalue weighted by Crippen LogP contribution is 2.39. The van der Waals surface area contributed by atoms with Crippen molar-refractivity contribution in [3.63, 3.8) is 0 Å². The molecule has 0 saturated heterocycles. The van der Waals surface area contributed by atoms with Gasteiger partial charge in [-0.3, -0.25) is 4.79 Å². The van der Waals surface area contributed by atoms with Gasteiger partial charge >= 0.3 is 5.97 Å². The van der Waals surface area contributed by atoms with Crippen molar-refractivity contribution < 1.29 is 40.5 Å². The van der Waals surface area contributed by atoms with Gasteiger partial charge in [0, 0.05) is 24.9 Å². The van der Waals surface area contributed by atoms with Crippen molar-refractivity contribution in [3.05, 3.63) is 88.5 Å². The fraction of sp³-hybridized carbons (Fsp3) is 0.558. The minimum atomic E-state index is -1.37. The number of hydrogen-bond donors (Lipinski definition) is 8. The first-order chi connectivity index (χ1) is 24.9. The Morgan fingerprint density at radius 2 is 1.77 bits per heavy atom. The van der Waals surface area contributed by atoms with Crippen LogP contribution < -0.4 is 5.32 Å². The number of carbonyl (C=O) groups is 1. The molecule has 9 nitrogen and oxygen atoms in total. The fourth-order valence-corrected chi connectivity index (χ4v) is 7.71. The van der Waals surface area contributed by atoms with Crippen molar-refractivity contribution in [2.45, 2.75) is 133 Å². The summed E-state index contributed by atoms with van der Waals surface area (Å²) in [4.78, 5) is 11.3. The molecule has 1 heterocycles. The lowest BCUT2D eigenvalue weighted by atomic mass is 9.73. The minimum absolute atomic E-state index is 0.0549. The summed E-state index contributed by atoms with van der Waals surface area (Å²) >= 11 is 0. The molecule has 1 aliphatic heterocycles. The van der Waals surface area contributed by atoms with Gasteiger partial charge < -0.3 is 41.1 Å². The molecule has 1 aliphatic carbocycles. The number of allylic oxidation sites excluding steroid dienone is 2. The van der Waals surface area contributed by atoms with Gasteiger partial charge in [0.15, 0.2) is 0 Å². The second-order valence-corrected chi connectivity index (χ2v) is 14.9. The van der Waals surface area contributed by atoms with Crippen molar-refractivity contribution in [1.29, 1.82) is 0 Å². The Kier molecular flexibility index (Phi) is 15.9. The Balaban J connectivity index is 1.91. The van der Waals surface area contributed by atoms with Gasteiger partial charge in [-0.15, -0.1) is 0 Å². The van der Waals surface area contributed by atoms with E-state index in [0.717, 1.165) is 59.9 Å². The molecular formula is C43H59NO8. The molecule has 0 spiro atoms. The third kappa shape index (κ3) is 11.8. The molecule has 2 aliphatic rings. The van der Waals surface area contributed by atoms with Crippen LogP contribution in [0.2, 0.25) is 0 Å². The molecule has 0 fully saturated rings. The summed E-state index contributed by atoms with van der Waals surface area (Å²) in [6, 6.07) is 14.6. The lowest BCUT2D eigenvalue weighted by molar-refractivity contribution is -0.137. The minimum Gasteiger partial charge on any atom is -0.508 e. The van der Waals surface area contributed by atoms with Crippen LogP contribution in [0.1, 0.15) is 113 Å². The molecule has 2 aromatic carbocycles. The maximum absolute atomic E-state index is 12.2. The van der Waals surface area contributed by atoms with Crippen LogP contribution in [0.15, 0.2) is 71.8 Å². The van der Waals surface area contributed by atoms with Crippen LogP contribution in [-0.4, -0.2) is 84.8 Å². The fourth-order valence-electron chi connectivity index (χ4n) is 7.71. The molecule has 0 saturated carbocycles. The normalized spacial score (nSPS) is 26.9. The first-order valence-electron chi connectivity index (χ1n) is 19.0. The number of rotatable bonds is 16. The molecule has 8 atom stereocenters. The smallest absolute Gasteiger partial charge is 0.303 e. The highest BCUT2D eigenvalue weighted by Gasteiger charge is 2.38. The number of carboxylic acid groups (broad SMARTS) is 1. The third-order valence-corrected chi connectivity index (χ3v) is 10.7. The number of carboxylic acids is 1. The summed E-state index contributed by atoms with van der Waals surface area (Å²) in [7, 11) is 0. The van der Waals surface area contributed by atoms with E-state index in [2.05, 4.69) is 29.3 Å². The summed E-state index contributed by atoms with van der Waals surface area (Å²) in [5, 5.41) is 78.0. The first kappa shape index (κ1) is 41.3. The summed E-state index contributed by atoms with van der Waals surface area (Å²) < 4.78 is 0. The van der Waals surface area contributed by atoms with Crippen molar-refractivity contribution in [3.8, 4) is 17.6 Å². The van der Waals surface area contributed by atoms with E-state index < -0.39 is 42.4 Å². The van der Waals surface area contributed by atoms with E-state index in [1.807, 2.05) is 25.1 Å². The Morgan fingerprint density at radius 3 is 2.48 bits per heavy atom. The molecule has 9 heteroatoms. The first-order valence-corrected chi connectivity index (χ1v) is 19.0. The van der Waals surface area contributed by atoms with Crippen LogP contribution in [0.3, 0.4) is 0 Å². The lowest BCUT2D eigenvalue weighted by Crippen LogP contribution is -2.50. The Bertz CT molecular complexity index is 1550. The summed E-state index contributed by atoms with van der Waals surface area (Å²) in [6.07, 6.45) is 7.52. The molecule has 284 valence electrons. The topological polar surface area (TPSA) is 171 Å². The average Bonchev–Trinajstić information content (AvgIpc) is 3.12. The van der Waals surface area contributed by atoms with Gasteiger partial charge in [-0.2, -0.15) is 0 Å². The number of aliphatic carboxylic acids is 1. The maximum Gasteiger partial charge on any atom is 0.303 e. The highest BCUT2D eigenvalue weighted by molar-refractivity contribution is 5.66. The molecule has 0 amide bonds. The maximum atomic E-state index is 12.2. The number of fused-ring (bicyclic) bond motifs is 5. The number of aliphatic hydroxyl groups is 5. The van der Waals surface area contributed by atoms with Gasteiger partial charge in [0.2, 0.25) is 0 Å². The lowest BCUT2D eigenvalue weighted by Gasteiger charge is -2.39. The molecular weight excluding hydrogens is 658 g/mol. The molecule has 0 aromatic heterocycles. The number of phenolic OH excluding ortho intramolecular Hbond substituents is 1. The number of nitrogens with one attached hydrogen (secondary N) is 1. The standard InChI is InChI=1S/C43H59NO8/c1-3-4-13-39(48)40(49)24-20-30-16-15-29-10-8-9-12-36(29)32-19-23-38(31-17-21-34(46)22-18-31)43(2,52)28-44-42(37(30)26-35(47)27-45)33(25-32)11-6-5-7-14-41(50)51/h8-10,12,17-18,20-22,24,32-33,35,38-40,42,44-49,52H,3-7,11,13-16,25-28H2,1-2H3,(H,50,51)/b24-20+,37-30+/t32-,33+,35+,38+,39+,40-,42+,43-/m1/s1. The molecule has 8 N–H and O–H groups in total. The van der Waals surface area contributed by atoms with Crippen molar-refractivity contribution in [2.75, 3.05) is 13.2 Å². The number of β-amino-alcohol motifs (C(OH)–C–C–N with tert-alkyl or cyclic N) is 1. The molecule has 0 radical (unpaired) electrons. The highest BCUT2D eigenvalue weighted by atomic mass is 16.4. The molecule has 52 heavy (non-hydrogen) atoms. The number of aryl methyl sites for hydroxylation is 1. The number of phenols is 1. The van der Waals surface area contributed by atoms with Gasteiger partial charge in [-0.05, 0) is 97.8 Å². The summed E-state index contributed by atoms with van der Waals surface area (Å²) in [5.74, 6) is 5.51. The van der Waals surface area contributed by atoms with E-state index in [9.17, 15) is 40.5 Å². The van der Waals surface area contributed by atoms with Crippen LogP contribution in [-0.2, 0) is 11.2 Å². The Hall–Kier alpha value is -3.49. The monoisotopic (exact) mass is 717 g/mol. The second-order valence-electron chi connectivity index (χ2n) is 14.9. The molecule has 2 aromatic rings. The number of benzene rings is 2. The van der Waals surface area contributed by atoms with E-state index in [1.165, 1.54) is 0 Å². The van der Waals surface area contributed by atoms with Gasteiger partial charge in [0.05, 0.1) is 36.4 Å². The average molecular weight is 718 g/mol. The number of hydrogen-bond acceptors (Lipinski definition) is 8. The van der Waals surface area contributed by atoms with Gasteiger partial charge in [-0.25, -0.2) is 0 Å². The van der Waals surface area contributed by atoms with Crippen molar-refractivity contribution in [2.24, 2.45) is 5.92 Å². The van der Waals surface area contributed by atoms with Crippen LogP contribution in [0.5, 0.6) is 5.75 Å². The molecule has 0 unspecified atom stereocenters. The zero-order valence-corrected chi connectivity index (χ0v) is 30.8. The summed E-state index contributed by atoms with van der Waals surface area (Å²) in [5.41, 5.74) is 3.38. The van der Waals surface area contributed by atoms with Gasteiger partial charge in [0.1, 0.15) is 5.75 Å². The van der Waals surface area contributed by atoms with Crippen molar-refractivity contribution in [1.82, 2.24) is 5.32 Å². The van der Waals surface area contributed by atoms with Gasteiger partial charge in [0.25, 0.3) is 0 Å². The van der Waals surface area contributed by atoms with E-state index in [0.29, 0.717) is 32.1 Å². The van der Waals surface area contributed by atoms with Crippen LogP contribution >= 0.6 is 0 Å².